The summed E-state index contributed by atoms with van der Waals surface area (Å²) in [6.07, 6.45) is 2.41. The van der Waals surface area contributed by atoms with Crippen LogP contribution in [0.4, 0.5) is 4.79 Å². The van der Waals surface area contributed by atoms with E-state index in [-0.39, 0.29) is 23.8 Å². The summed E-state index contributed by atoms with van der Waals surface area (Å²) in [5, 5.41) is 2.47. The third-order valence-electron chi connectivity index (χ3n) is 4.93. The van der Waals surface area contributed by atoms with E-state index in [1.165, 1.54) is 4.90 Å². The molecule has 0 unspecified atom stereocenters. The predicted molar refractivity (Wildman–Crippen MR) is 94.3 cm³/mol. The fraction of sp³-hybridized carbons (Fsp3) is 0.778. The van der Waals surface area contributed by atoms with Crippen LogP contribution in [0.1, 0.15) is 46.5 Å². The van der Waals surface area contributed by atoms with Gasteiger partial charge in [0.15, 0.2) is 0 Å². The lowest BCUT2D eigenvalue weighted by atomic mass is 9.88. The lowest BCUT2D eigenvalue weighted by Gasteiger charge is -2.33. The average Bonchev–Trinajstić information content (AvgIpc) is 3.20. The molecule has 8 heteroatoms. The second kappa shape index (κ2) is 8.51. The van der Waals surface area contributed by atoms with E-state index in [0.29, 0.717) is 32.5 Å². The molecule has 0 aliphatic carbocycles. The average molecular weight is 367 g/mol. The van der Waals surface area contributed by atoms with Crippen molar-refractivity contribution >= 4 is 24.2 Å². The van der Waals surface area contributed by atoms with Crippen LogP contribution in [0, 0.1) is 5.41 Å². The molecule has 3 amide bonds. The van der Waals surface area contributed by atoms with Gasteiger partial charge in [-0.05, 0) is 19.3 Å². The summed E-state index contributed by atoms with van der Waals surface area (Å²) >= 11 is 0. The molecule has 2 fully saturated rings. The van der Waals surface area contributed by atoms with E-state index >= 15 is 0 Å². The third kappa shape index (κ3) is 5.19. The summed E-state index contributed by atoms with van der Waals surface area (Å²) in [6, 6.07) is -0.399. The Hall–Kier alpha value is -2.12. The first-order valence-electron chi connectivity index (χ1n) is 9.19. The van der Waals surface area contributed by atoms with Crippen LogP contribution in [-0.2, 0) is 19.1 Å². The van der Waals surface area contributed by atoms with Gasteiger partial charge in [0.1, 0.15) is 18.9 Å². The molecule has 0 spiro atoms. The number of aldehydes is 1. The topological polar surface area (TPSA) is 96.0 Å². The lowest BCUT2D eigenvalue weighted by Crippen LogP contribution is -2.47. The molecule has 2 heterocycles. The van der Waals surface area contributed by atoms with Gasteiger partial charge in [-0.1, -0.05) is 20.8 Å². The van der Waals surface area contributed by atoms with Crippen molar-refractivity contribution in [2.24, 2.45) is 5.41 Å². The first-order chi connectivity index (χ1) is 12.2. The molecule has 2 aliphatic rings. The molecule has 0 aromatic carbocycles. The van der Waals surface area contributed by atoms with Crippen LogP contribution in [0.15, 0.2) is 0 Å². The van der Waals surface area contributed by atoms with Crippen LogP contribution in [0.25, 0.3) is 0 Å². The van der Waals surface area contributed by atoms with E-state index in [4.69, 9.17) is 4.74 Å². The van der Waals surface area contributed by atoms with Gasteiger partial charge in [-0.3, -0.25) is 9.59 Å². The Kier molecular flexibility index (Phi) is 6.61. The van der Waals surface area contributed by atoms with Crippen molar-refractivity contribution in [3.05, 3.63) is 0 Å². The van der Waals surface area contributed by atoms with E-state index < -0.39 is 18.2 Å². The van der Waals surface area contributed by atoms with Crippen LogP contribution in [0.2, 0.25) is 0 Å². The van der Waals surface area contributed by atoms with Crippen LogP contribution in [0.3, 0.4) is 0 Å². The Morgan fingerprint density at radius 1 is 1.31 bits per heavy atom. The highest BCUT2D eigenvalue weighted by Gasteiger charge is 2.34. The Labute approximate surface area is 154 Å². The summed E-state index contributed by atoms with van der Waals surface area (Å²) in [5.41, 5.74) is -0.345. The number of likely N-dealkylation sites (tertiary alicyclic amines) is 2. The van der Waals surface area contributed by atoms with Crippen molar-refractivity contribution < 1.29 is 23.9 Å². The minimum atomic E-state index is -0.688. The molecule has 8 nitrogen and oxygen atoms in total. The number of alkyl carbamates (subject to hydrolysis) is 1. The first kappa shape index (κ1) is 20.2. The number of rotatable bonds is 6. The van der Waals surface area contributed by atoms with Gasteiger partial charge in [-0.2, -0.15) is 0 Å². The summed E-state index contributed by atoms with van der Waals surface area (Å²) in [7, 11) is 0. The summed E-state index contributed by atoms with van der Waals surface area (Å²) in [4.78, 5) is 50.3. The van der Waals surface area contributed by atoms with Gasteiger partial charge in [0.25, 0.3) is 0 Å². The first-order valence-corrected chi connectivity index (χ1v) is 9.19. The number of amides is 3. The smallest absolute Gasteiger partial charge is 0.407 e. The lowest BCUT2D eigenvalue weighted by molar-refractivity contribution is -0.133. The number of ether oxygens (including phenoxy) is 1. The SMILES string of the molecule is CC(C)(C)[C@@H](CN1CCCC1=O)OC(=O)NCC(=O)N1CCC[C@H]1C=O. The molecule has 0 aromatic rings. The predicted octanol–water partition coefficient (Wildman–Crippen LogP) is 0.940. The van der Waals surface area contributed by atoms with E-state index in [9.17, 15) is 19.2 Å². The van der Waals surface area contributed by atoms with Crippen LogP contribution < -0.4 is 5.32 Å². The molecule has 2 aliphatic heterocycles. The van der Waals surface area contributed by atoms with Crippen molar-refractivity contribution in [3.63, 3.8) is 0 Å². The number of carbonyl (C=O) groups is 4. The van der Waals surface area contributed by atoms with E-state index in [1.807, 2.05) is 20.8 Å². The molecule has 26 heavy (non-hydrogen) atoms. The Bertz CT molecular complexity index is 558. The van der Waals surface area contributed by atoms with Gasteiger partial charge < -0.3 is 24.6 Å². The Morgan fingerprint density at radius 2 is 2.04 bits per heavy atom. The molecule has 0 saturated carbocycles. The molecule has 2 atom stereocenters. The zero-order chi connectivity index (χ0) is 19.3. The third-order valence-corrected chi connectivity index (χ3v) is 4.93. The number of hydrogen-bond donors (Lipinski definition) is 1. The normalized spacial score (nSPS) is 21.7. The summed E-state index contributed by atoms with van der Waals surface area (Å²) in [6.45, 7) is 7.17. The highest BCUT2D eigenvalue weighted by molar-refractivity contribution is 5.85. The molecule has 2 saturated heterocycles. The van der Waals surface area contributed by atoms with Gasteiger partial charge in [0, 0.05) is 24.9 Å². The van der Waals surface area contributed by atoms with Gasteiger partial charge in [0.05, 0.1) is 12.6 Å². The maximum absolute atomic E-state index is 12.2. The van der Waals surface area contributed by atoms with Crippen LogP contribution >= 0.6 is 0 Å². The minimum Gasteiger partial charge on any atom is -0.444 e. The summed E-state index contributed by atoms with van der Waals surface area (Å²) < 4.78 is 5.51. The van der Waals surface area contributed by atoms with E-state index in [2.05, 4.69) is 5.32 Å². The minimum absolute atomic E-state index is 0.0763. The van der Waals surface area contributed by atoms with Crippen molar-refractivity contribution in [2.45, 2.75) is 58.6 Å². The second-order valence-electron chi connectivity index (χ2n) is 7.99. The van der Waals surface area contributed by atoms with Crippen molar-refractivity contribution in [1.82, 2.24) is 15.1 Å². The van der Waals surface area contributed by atoms with Gasteiger partial charge >= 0.3 is 6.09 Å². The second-order valence-corrected chi connectivity index (χ2v) is 7.99. The van der Waals surface area contributed by atoms with E-state index in [0.717, 1.165) is 19.1 Å². The molecule has 2 rings (SSSR count). The number of hydrogen-bond acceptors (Lipinski definition) is 5. The fourth-order valence-electron chi connectivity index (χ4n) is 3.25. The van der Waals surface area contributed by atoms with Crippen molar-refractivity contribution in [1.29, 1.82) is 0 Å². The Balaban J connectivity index is 1.85. The molecule has 0 radical (unpaired) electrons. The Morgan fingerprint density at radius 3 is 2.62 bits per heavy atom. The summed E-state index contributed by atoms with van der Waals surface area (Å²) in [5.74, 6) is -0.217. The standard InChI is InChI=1S/C18H29N3O5/c1-18(2,3)14(11-20-8-5-7-15(20)23)26-17(25)19-10-16(24)21-9-4-6-13(21)12-22/h12-14H,4-11H2,1-3H3,(H,19,25)/t13-,14+/m0/s1. The number of nitrogens with zero attached hydrogens (tertiary/aromatic N) is 2. The monoisotopic (exact) mass is 367 g/mol. The maximum Gasteiger partial charge on any atom is 0.407 e. The van der Waals surface area contributed by atoms with Gasteiger partial charge in [-0.25, -0.2) is 4.79 Å². The zero-order valence-electron chi connectivity index (χ0n) is 15.8. The maximum atomic E-state index is 12.2. The fourth-order valence-corrected chi connectivity index (χ4v) is 3.25. The van der Waals surface area contributed by atoms with Crippen LogP contribution in [-0.4, -0.2) is 72.3 Å². The van der Waals surface area contributed by atoms with E-state index in [1.54, 1.807) is 4.90 Å². The van der Waals surface area contributed by atoms with Crippen molar-refractivity contribution in [2.75, 3.05) is 26.2 Å². The molecular formula is C18H29N3O5. The molecule has 146 valence electrons. The van der Waals surface area contributed by atoms with Crippen molar-refractivity contribution in [3.8, 4) is 0 Å². The number of nitrogens with one attached hydrogen (secondary N) is 1. The molecule has 1 N–H and O–H groups in total. The highest BCUT2D eigenvalue weighted by atomic mass is 16.6. The highest BCUT2D eigenvalue weighted by Crippen LogP contribution is 2.25. The van der Waals surface area contributed by atoms with Gasteiger partial charge in [0.2, 0.25) is 11.8 Å². The van der Waals surface area contributed by atoms with Gasteiger partial charge in [-0.15, -0.1) is 0 Å². The molecule has 0 bridgehead atoms. The number of carbonyl (C=O) groups excluding carboxylic acids is 4. The zero-order valence-corrected chi connectivity index (χ0v) is 15.8. The van der Waals surface area contributed by atoms with Crippen LogP contribution in [0.5, 0.6) is 0 Å². The quantitative estimate of drug-likeness (QED) is 0.705. The molecular weight excluding hydrogens is 338 g/mol. The molecule has 0 aromatic heterocycles. The largest absolute Gasteiger partial charge is 0.444 e.